The Morgan fingerprint density at radius 3 is 2.63 bits per heavy atom. The highest BCUT2D eigenvalue weighted by atomic mass is 79.9. The van der Waals surface area contributed by atoms with Crippen molar-refractivity contribution in [2.24, 2.45) is 0 Å². The van der Waals surface area contributed by atoms with Gasteiger partial charge in [0, 0.05) is 11.9 Å². The number of halogens is 3. The van der Waals surface area contributed by atoms with E-state index >= 15 is 0 Å². The predicted octanol–water partition coefficient (Wildman–Crippen LogP) is 2.13. The molecule has 1 aromatic heterocycles. The summed E-state index contributed by atoms with van der Waals surface area (Å²) in [5.74, 6) is 0.311. The van der Waals surface area contributed by atoms with Gasteiger partial charge in [0.2, 0.25) is 0 Å². The summed E-state index contributed by atoms with van der Waals surface area (Å²) in [6.07, 6.45) is -2.44. The van der Waals surface area contributed by atoms with Crippen LogP contribution in [0.2, 0.25) is 0 Å². The van der Waals surface area contributed by atoms with Gasteiger partial charge < -0.3 is 4.90 Å². The summed E-state index contributed by atoms with van der Waals surface area (Å²) >= 11 is 3.24. The third-order valence-electron chi connectivity index (χ3n) is 2.45. The second kappa shape index (κ2) is 6.55. The van der Waals surface area contributed by atoms with Gasteiger partial charge in [-0.3, -0.25) is 0 Å². The van der Waals surface area contributed by atoms with Crippen molar-refractivity contribution in [2.75, 3.05) is 23.3 Å². The number of aromatic nitrogens is 4. The molecule has 19 heavy (non-hydrogen) atoms. The molecule has 0 atom stereocenters. The molecule has 0 aliphatic rings. The van der Waals surface area contributed by atoms with Gasteiger partial charge in [-0.2, -0.15) is 4.68 Å². The Hall–Kier alpha value is -1.57. The van der Waals surface area contributed by atoms with Crippen LogP contribution in [0.5, 0.6) is 0 Å². The third-order valence-corrected chi connectivity index (χ3v) is 2.80. The van der Waals surface area contributed by atoms with E-state index in [4.69, 9.17) is 0 Å². The fraction of sp³-hybridized carbons (Fsp3) is 0.364. The highest BCUT2D eigenvalue weighted by molar-refractivity contribution is 9.09. The Bertz CT molecular complexity index is 505. The van der Waals surface area contributed by atoms with E-state index in [0.717, 1.165) is 5.69 Å². The van der Waals surface area contributed by atoms with E-state index in [9.17, 15) is 8.78 Å². The number of benzene rings is 1. The van der Waals surface area contributed by atoms with Gasteiger partial charge in [0.25, 0.3) is 12.4 Å². The van der Waals surface area contributed by atoms with Gasteiger partial charge in [0.15, 0.2) is 0 Å². The molecular formula is C11H12BrF2N5. The quantitative estimate of drug-likeness (QED) is 0.761. The smallest absolute Gasteiger partial charge is 0.255 e. The number of hydrogen-bond donors (Lipinski definition) is 0. The summed E-state index contributed by atoms with van der Waals surface area (Å²) in [5.41, 5.74) is 0.733. The van der Waals surface area contributed by atoms with Crippen LogP contribution < -0.4 is 4.90 Å². The van der Waals surface area contributed by atoms with Gasteiger partial charge in [-0.05, 0) is 22.6 Å². The molecule has 2 aromatic rings. The SMILES string of the molecule is FC(F)CN(CCBr)c1nnnn1-c1ccccc1. The standard InChI is InChI=1S/C11H12BrF2N5/c12-6-7-18(8-10(13)14)11-15-16-17-19(11)9-4-2-1-3-5-9/h1-5,10H,6-8H2. The largest absolute Gasteiger partial charge is 0.333 e. The highest BCUT2D eigenvalue weighted by Crippen LogP contribution is 2.16. The van der Waals surface area contributed by atoms with Crippen molar-refractivity contribution in [3.05, 3.63) is 30.3 Å². The van der Waals surface area contributed by atoms with Crippen molar-refractivity contribution < 1.29 is 8.78 Å². The number of rotatable bonds is 6. The zero-order chi connectivity index (χ0) is 13.7. The van der Waals surface area contributed by atoms with Crippen molar-refractivity contribution in [1.29, 1.82) is 0 Å². The molecule has 0 spiro atoms. The van der Waals surface area contributed by atoms with Gasteiger partial charge in [-0.25, -0.2) is 8.78 Å². The molecule has 102 valence electrons. The molecule has 0 aliphatic carbocycles. The van der Waals surface area contributed by atoms with Gasteiger partial charge in [-0.1, -0.05) is 39.2 Å². The van der Waals surface area contributed by atoms with Gasteiger partial charge >= 0.3 is 0 Å². The average Bonchev–Trinajstić information content (AvgIpc) is 2.88. The van der Waals surface area contributed by atoms with Gasteiger partial charge in [0.1, 0.15) is 0 Å². The second-order valence-electron chi connectivity index (χ2n) is 3.75. The molecule has 0 bridgehead atoms. The molecule has 2 rings (SSSR count). The monoisotopic (exact) mass is 331 g/mol. The molecule has 0 fully saturated rings. The highest BCUT2D eigenvalue weighted by Gasteiger charge is 2.19. The number of anilines is 1. The van der Waals surface area contributed by atoms with Gasteiger partial charge in [-0.15, -0.1) is 0 Å². The first-order valence-corrected chi connectivity index (χ1v) is 6.77. The summed E-state index contributed by atoms with van der Waals surface area (Å²) in [6.45, 7) is -0.00362. The molecule has 1 aromatic carbocycles. The minimum absolute atomic E-state index is 0.311. The first kappa shape index (κ1) is 13.9. The molecule has 0 N–H and O–H groups in total. The minimum atomic E-state index is -2.44. The maximum absolute atomic E-state index is 12.6. The van der Waals surface area contributed by atoms with Crippen molar-refractivity contribution >= 4 is 21.9 Å². The van der Waals surface area contributed by atoms with E-state index in [2.05, 4.69) is 31.5 Å². The van der Waals surface area contributed by atoms with Crippen LogP contribution in [0.15, 0.2) is 30.3 Å². The zero-order valence-corrected chi connectivity index (χ0v) is 11.5. The summed E-state index contributed by atoms with van der Waals surface area (Å²) in [4.78, 5) is 1.45. The zero-order valence-electron chi connectivity index (χ0n) is 9.96. The van der Waals surface area contributed by atoms with Crippen molar-refractivity contribution in [1.82, 2.24) is 20.2 Å². The Balaban J connectivity index is 2.31. The third kappa shape index (κ3) is 3.46. The number of nitrogens with zero attached hydrogens (tertiary/aromatic N) is 5. The fourth-order valence-corrected chi connectivity index (χ4v) is 2.09. The molecule has 0 aliphatic heterocycles. The maximum Gasteiger partial charge on any atom is 0.255 e. The van der Waals surface area contributed by atoms with Crippen LogP contribution in [0.1, 0.15) is 0 Å². The van der Waals surface area contributed by atoms with Crippen LogP contribution in [-0.2, 0) is 0 Å². The van der Waals surface area contributed by atoms with Crippen molar-refractivity contribution in [3.8, 4) is 5.69 Å². The lowest BCUT2D eigenvalue weighted by Gasteiger charge is -2.21. The lowest BCUT2D eigenvalue weighted by molar-refractivity contribution is 0.154. The number of alkyl halides is 3. The van der Waals surface area contributed by atoms with E-state index in [1.54, 1.807) is 0 Å². The normalized spacial score (nSPS) is 10.9. The van der Waals surface area contributed by atoms with E-state index < -0.39 is 13.0 Å². The van der Waals surface area contributed by atoms with Crippen LogP contribution in [0.3, 0.4) is 0 Å². The Morgan fingerprint density at radius 2 is 2.00 bits per heavy atom. The van der Waals surface area contributed by atoms with Crippen molar-refractivity contribution in [3.63, 3.8) is 0 Å². The minimum Gasteiger partial charge on any atom is -0.333 e. The summed E-state index contributed by atoms with van der Waals surface area (Å²) < 4.78 is 26.6. The summed E-state index contributed by atoms with van der Waals surface area (Å²) in [5, 5.41) is 11.8. The molecule has 8 heteroatoms. The lowest BCUT2D eigenvalue weighted by atomic mass is 10.3. The van der Waals surface area contributed by atoms with Gasteiger partial charge in [0.05, 0.1) is 12.2 Å². The van der Waals surface area contributed by atoms with E-state index in [1.165, 1.54) is 9.58 Å². The summed E-state index contributed by atoms with van der Waals surface area (Å²) in [7, 11) is 0. The number of para-hydroxylation sites is 1. The van der Waals surface area contributed by atoms with Crippen LogP contribution in [0, 0.1) is 0 Å². The molecule has 1 heterocycles. The van der Waals surface area contributed by atoms with Crippen LogP contribution in [-0.4, -0.2) is 45.1 Å². The Morgan fingerprint density at radius 1 is 1.26 bits per heavy atom. The molecule has 0 unspecified atom stereocenters. The molecule has 0 saturated carbocycles. The lowest BCUT2D eigenvalue weighted by Crippen LogP contribution is -2.33. The van der Waals surface area contributed by atoms with Crippen LogP contribution in [0.25, 0.3) is 5.69 Å². The topological polar surface area (TPSA) is 46.8 Å². The van der Waals surface area contributed by atoms with E-state index in [0.29, 0.717) is 17.8 Å². The average molecular weight is 332 g/mol. The second-order valence-corrected chi connectivity index (χ2v) is 4.55. The molecular weight excluding hydrogens is 320 g/mol. The molecule has 5 nitrogen and oxygen atoms in total. The first-order valence-electron chi connectivity index (χ1n) is 5.65. The Kier molecular flexibility index (Phi) is 4.78. The van der Waals surface area contributed by atoms with E-state index in [-0.39, 0.29) is 0 Å². The maximum atomic E-state index is 12.6. The first-order chi connectivity index (χ1) is 9.22. The fourth-order valence-electron chi connectivity index (χ4n) is 1.66. The molecule has 0 saturated heterocycles. The molecule has 0 radical (unpaired) electrons. The number of hydrogen-bond acceptors (Lipinski definition) is 4. The predicted molar refractivity (Wildman–Crippen MR) is 71.2 cm³/mol. The Labute approximate surface area is 117 Å². The molecule has 0 amide bonds. The van der Waals surface area contributed by atoms with Crippen LogP contribution in [0.4, 0.5) is 14.7 Å². The van der Waals surface area contributed by atoms with Crippen LogP contribution >= 0.6 is 15.9 Å². The van der Waals surface area contributed by atoms with E-state index in [1.807, 2.05) is 30.3 Å². The summed E-state index contributed by atoms with van der Waals surface area (Å²) in [6, 6.07) is 9.16. The van der Waals surface area contributed by atoms with Crippen molar-refractivity contribution in [2.45, 2.75) is 6.43 Å². The number of tetrazole rings is 1.